The average Bonchev–Trinajstić information content (AvgIpc) is 2.68. The van der Waals surface area contributed by atoms with Crippen LogP contribution in [0.4, 0.5) is 10.2 Å². The normalized spacial score (nSPS) is 10.3. The number of aromatic nitrogens is 2. The summed E-state index contributed by atoms with van der Waals surface area (Å²) in [6.45, 7) is 0. The van der Waals surface area contributed by atoms with E-state index in [9.17, 15) is 9.18 Å². The third kappa shape index (κ3) is 2.52. The van der Waals surface area contributed by atoms with Gasteiger partial charge in [-0.3, -0.25) is 9.48 Å². The molecule has 0 radical (unpaired) electrons. The maximum Gasteiger partial charge on any atom is 0.259 e. The van der Waals surface area contributed by atoms with Gasteiger partial charge in [-0.05, 0) is 18.2 Å². The van der Waals surface area contributed by atoms with Gasteiger partial charge in [0.05, 0.1) is 11.8 Å². The molecule has 1 amide bonds. The molecule has 0 saturated heterocycles. The van der Waals surface area contributed by atoms with Crippen LogP contribution in [0, 0.1) is 5.82 Å². The molecule has 4 nitrogen and oxygen atoms in total. The van der Waals surface area contributed by atoms with Crippen LogP contribution in [0.15, 0.2) is 34.9 Å². The summed E-state index contributed by atoms with van der Waals surface area (Å²) in [7, 11) is 1.69. The molecular weight excluding hydrogens is 289 g/mol. The summed E-state index contributed by atoms with van der Waals surface area (Å²) in [4.78, 5) is 11.8. The van der Waals surface area contributed by atoms with Gasteiger partial charge in [-0.1, -0.05) is 15.9 Å². The molecule has 0 aliphatic rings. The molecule has 0 bridgehead atoms. The molecule has 2 aromatic rings. The lowest BCUT2D eigenvalue weighted by molar-refractivity contribution is 0.102. The van der Waals surface area contributed by atoms with Crippen molar-refractivity contribution in [1.29, 1.82) is 0 Å². The maximum atomic E-state index is 13.4. The van der Waals surface area contributed by atoms with Crippen LogP contribution in [0.5, 0.6) is 0 Å². The lowest BCUT2D eigenvalue weighted by Gasteiger charge is -2.06. The van der Waals surface area contributed by atoms with Crippen LogP contribution in [0.25, 0.3) is 0 Å². The van der Waals surface area contributed by atoms with Crippen molar-refractivity contribution in [2.75, 3.05) is 5.32 Å². The summed E-state index contributed by atoms with van der Waals surface area (Å²) >= 11 is 3.19. The van der Waals surface area contributed by atoms with Crippen LogP contribution >= 0.6 is 15.9 Å². The van der Waals surface area contributed by atoms with E-state index < -0.39 is 11.7 Å². The third-order valence-corrected chi connectivity index (χ3v) is 2.73. The minimum atomic E-state index is -0.562. The third-order valence-electron chi connectivity index (χ3n) is 2.24. The van der Waals surface area contributed by atoms with Crippen LogP contribution < -0.4 is 5.32 Å². The standard InChI is InChI=1S/C11H9BrFN3O/c1-16-10(4-5-14-16)15-11(17)8-6-7(12)2-3-9(8)13/h2-6H,1H3,(H,15,17). The number of hydrogen-bond donors (Lipinski definition) is 1. The Labute approximate surface area is 106 Å². The van der Waals surface area contributed by atoms with Crippen LogP contribution in [0.1, 0.15) is 10.4 Å². The Kier molecular flexibility index (Phi) is 3.23. The fraction of sp³-hybridized carbons (Fsp3) is 0.0909. The summed E-state index contributed by atoms with van der Waals surface area (Å²) in [6.07, 6.45) is 1.55. The number of nitrogens with zero attached hydrogens (tertiary/aromatic N) is 2. The van der Waals surface area contributed by atoms with Crippen molar-refractivity contribution < 1.29 is 9.18 Å². The lowest BCUT2D eigenvalue weighted by atomic mass is 10.2. The zero-order chi connectivity index (χ0) is 12.4. The highest BCUT2D eigenvalue weighted by Crippen LogP contribution is 2.17. The molecule has 0 aliphatic carbocycles. The first-order valence-electron chi connectivity index (χ1n) is 4.82. The van der Waals surface area contributed by atoms with E-state index in [0.717, 1.165) is 0 Å². The second-order valence-corrected chi connectivity index (χ2v) is 4.33. The number of benzene rings is 1. The number of rotatable bonds is 2. The molecule has 0 atom stereocenters. The summed E-state index contributed by atoms with van der Waals surface area (Å²) in [5, 5.41) is 6.48. The van der Waals surface area contributed by atoms with E-state index in [4.69, 9.17) is 0 Å². The molecule has 17 heavy (non-hydrogen) atoms. The molecule has 1 heterocycles. The first-order chi connectivity index (χ1) is 8.08. The highest BCUT2D eigenvalue weighted by Gasteiger charge is 2.13. The highest BCUT2D eigenvalue weighted by molar-refractivity contribution is 9.10. The molecule has 1 N–H and O–H groups in total. The van der Waals surface area contributed by atoms with E-state index in [1.54, 1.807) is 19.3 Å². The fourth-order valence-electron chi connectivity index (χ4n) is 1.35. The van der Waals surface area contributed by atoms with E-state index in [-0.39, 0.29) is 5.56 Å². The Morgan fingerprint density at radius 2 is 2.24 bits per heavy atom. The van der Waals surface area contributed by atoms with Crippen molar-refractivity contribution in [2.24, 2.45) is 7.05 Å². The van der Waals surface area contributed by atoms with Crippen molar-refractivity contribution in [3.05, 3.63) is 46.3 Å². The minimum Gasteiger partial charge on any atom is -0.307 e. The van der Waals surface area contributed by atoms with E-state index >= 15 is 0 Å². The van der Waals surface area contributed by atoms with Gasteiger partial charge in [-0.25, -0.2) is 4.39 Å². The Balaban J connectivity index is 2.26. The van der Waals surface area contributed by atoms with E-state index in [1.807, 2.05) is 0 Å². The summed E-state index contributed by atoms with van der Waals surface area (Å²) in [6, 6.07) is 5.84. The van der Waals surface area contributed by atoms with Crippen LogP contribution in [0.2, 0.25) is 0 Å². The molecular formula is C11H9BrFN3O. The fourth-order valence-corrected chi connectivity index (χ4v) is 1.71. The molecule has 0 saturated carbocycles. The largest absolute Gasteiger partial charge is 0.307 e. The predicted octanol–water partition coefficient (Wildman–Crippen LogP) is 2.57. The minimum absolute atomic E-state index is 0.0134. The van der Waals surface area contributed by atoms with Gasteiger partial charge in [0.1, 0.15) is 11.6 Å². The van der Waals surface area contributed by atoms with Gasteiger partial charge in [-0.15, -0.1) is 0 Å². The molecule has 0 spiro atoms. The average molecular weight is 298 g/mol. The Morgan fingerprint density at radius 3 is 2.88 bits per heavy atom. The number of nitrogens with one attached hydrogen (secondary N) is 1. The summed E-state index contributed by atoms with van der Waals surface area (Å²) in [5.74, 6) is -0.561. The van der Waals surface area contributed by atoms with Gasteiger partial charge in [0.25, 0.3) is 5.91 Å². The number of anilines is 1. The SMILES string of the molecule is Cn1nccc1NC(=O)c1cc(Br)ccc1F. The number of hydrogen-bond acceptors (Lipinski definition) is 2. The second-order valence-electron chi connectivity index (χ2n) is 3.42. The Hall–Kier alpha value is -1.69. The van der Waals surface area contributed by atoms with E-state index in [1.165, 1.54) is 22.9 Å². The van der Waals surface area contributed by atoms with Crippen molar-refractivity contribution in [3.8, 4) is 0 Å². The Morgan fingerprint density at radius 1 is 1.47 bits per heavy atom. The smallest absolute Gasteiger partial charge is 0.259 e. The number of carbonyl (C=O) groups is 1. The van der Waals surface area contributed by atoms with E-state index in [2.05, 4.69) is 26.3 Å². The second kappa shape index (κ2) is 4.67. The van der Waals surface area contributed by atoms with Crippen molar-refractivity contribution in [3.63, 3.8) is 0 Å². The summed E-state index contributed by atoms with van der Waals surface area (Å²) < 4.78 is 15.6. The van der Waals surface area contributed by atoms with Gasteiger partial charge in [0.15, 0.2) is 0 Å². The van der Waals surface area contributed by atoms with Gasteiger partial charge >= 0.3 is 0 Å². The molecule has 0 fully saturated rings. The number of halogens is 2. The predicted molar refractivity (Wildman–Crippen MR) is 65.3 cm³/mol. The molecule has 1 aromatic carbocycles. The zero-order valence-electron chi connectivity index (χ0n) is 8.95. The quantitative estimate of drug-likeness (QED) is 0.926. The van der Waals surface area contributed by atoms with Crippen LogP contribution in [0.3, 0.4) is 0 Å². The summed E-state index contributed by atoms with van der Waals surface area (Å²) in [5.41, 5.74) is -0.0134. The highest BCUT2D eigenvalue weighted by atomic mass is 79.9. The van der Waals surface area contributed by atoms with Gasteiger partial charge in [0, 0.05) is 17.6 Å². The van der Waals surface area contributed by atoms with Crippen molar-refractivity contribution in [2.45, 2.75) is 0 Å². The van der Waals surface area contributed by atoms with E-state index in [0.29, 0.717) is 10.3 Å². The number of aryl methyl sites for hydroxylation is 1. The van der Waals surface area contributed by atoms with Crippen molar-refractivity contribution >= 4 is 27.7 Å². The van der Waals surface area contributed by atoms with Crippen LogP contribution in [-0.4, -0.2) is 15.7 Å². The number of amides is 1. The zero-order valence-corrected chi connectivity index (χ0v) is 10.5. The molecule has 0 unspecified atom stereocenters. The van der Waals surface area contributed by atoms with Crippen molar-refractivity contribution in [1.82, 2.24) is 9.78 Å². The van der Waals surface area contributed by atoms with Gasteiger partial charge < -0.3 is 5.32 Å². The maximum absolute atomic E-state index is 13.4. The molecule has 6 heteroatoms. The molecule has 88 valence electrons. The lowest BCUT2D eigenvalue weighted by Crippen LogP contribution is -2.16. The van der Waals surface area contributed by atoms with Gasteiger partial charge in [-0.2, -0.15) is 5.10 Å². The Bertz CT molecular complexity index is 568. The first-order valence-corrected chi connectivity index (χ1v) is 5.61. The first kappa shape index (κ1) is 11.8. The number of carbonyl (C=O) groups excluding carboxylic acids is 1. The monoisotopic (exact) mass is 297 g/mol. The molecule has 0 aliphatic heterocycles. The van der Waals surface area contributed by atoms with Crippen LogP contribution in [-0.2, 0) is 7.05 Å². The van der Waals surface area contributed by atoms with Gasteiger partial charge in [0.2, 0.25) is 0 Å². The molecule has 1 aromatic heterocycles. The topological polar surface area (TPSA) is 46.9 Å². The molecule has 2 rings (SSSR count).